The Bertz CT molecular complexity index is 1240. The summed E-state index contributed by atoms with van der Waals surface area (Å²) in [4.78, 5) is 51.4. The van der Waals surface area contributed by atoms with Gasteiger partial charge in [0.15, 0.2) is 6.04 Å². The third-order valence-electron chi connectivity index (χ3n) is 5.96. The Kier molecular flexibility index (Phi) is 10.7. The molecule has 3 aromatic carbocycles. The van der Waals surface area contributed by atoms with E-state index in [1.54, 1.807) is 84.9 Å². The lowest BCUT2D eigenvalue weighted by atomic mass is 9.91. The second-order valence-corrected chi connectivity index (χ2v) is 8.76. The molecule has 0 aliphatic rings. The van der Waals surface area contributed by atoms with Crippen LogP contribution in [0, 0.1) is 5.92 Å². The maximum atomic E-state index is 13.5. The molecule has 3 atom stereocenters. The Morgan fingerprint density at radius 1 is 0.718 bits per heavy atom. The molecular weight excluding hydrogens is 504 g/mol. The number of rotatable bonds is 13. The van der Waals surface area contributed by atoms with Crippen molar-refractivity contribution in [3.8, 4) is 0 Å². The molecule has 0 aliphatic heterocycles. The summed E-state index contributed by atoms with van der Waals surface area (Å²) in [6, 6.07) is 22.4. The summed E-state index contributed by atoms with van der Waals surface area (Å²) in [6.07, 6.45) is -1.39. The van der Waals surface area contributed by atoms with E-state index >= 15 is 0 Å². The molecule has 0 aliphatic carbocycles. The van der Waals surface area contributed by atoms with Gasteiger partial charge in [-0.25, -0.2) is 14.5 Å². The van der Waals surface area contributed by atoms with Gasteiger partial charge in [0.05, 0.1) is 25.2 Å². The van der Waals surface area contributed by atoms with Crippen molar-refractivity contribution < 1.29 is 38.9 Å². The number of aliphatic carboxylic acids is 2. The van der Waals surface area contributed by atoms with E-state index in [0.29, 0.717) is 16.0 Å². The van der Waals surface area contributed by atoms with Gasteiger partial charge in [0.2, 0.25) is 0 Å². The first-order valence-electron chi connectivity index (χ1n) is 12.2. The molecule has 0 aromatic heterocycles. The first kappa shape index (κ1) is 29.0. The van der Waals surface area contributed by atoms with Gasteiger partial charge in [0.1, 0.15) is 6.61 Å². The van der Waals surface area contributed by atoms with Crippen LogP contribution in [0.5, 0.6) is 0 Å². The van der Waals surface area contributed by atoms with E-state index in [1.807, 2.05) is 6.07 Å². The van der Waals surface area contributed by atoms with Crippen LogP contribution in [0.25, 0.3) is 0 Å². The number of hydrogen-bond acceptors (Lipinski definition) is 7. The minimum Gasteiger partial charge on any atom is -0.481 e. The van der Waals surface area contributed by atoms with Crippen LogP contribution in [0.2, 0.25) is 0 Å². The summed E-state index contributed by atoms with van der Waals surface area (Å²) in [6.45, 7) is -0.800. The number of nitrogens with two attached hydrogens (primary N) is 1. The monoisotopic (exact) mass is 534 g/mol. The second-order valence-electron chi connectivity index (χ2n) is 8.76. The van der Waals surface area contributed by atoms with Crippen molar-refractivity contribution in [1.29, 1.82) is 0 Å². The fourth-order valence-corrected chi connectivity index (χ4v) is 3.85. The number of carbonyl (C=O) groups excluding carboxylic acids is 2. The normalized spacial score (nSPS) is 13.1. The minimum absolute atomic E-state index is 0.0174. The molecule has 10 nitrogen and oxygen atoms in total. The van der Waals surface area contributed by atoms with Crippen LogP contribution in [-0.2, 0) is 43.5 Å². The molecule has 0 spiro atoms. The van der Waals surface area contributed by atoms with Crippen LogP contribution in [0.4, 0.5) is 4.79 Å². The highest BCUT2D eigenvalue weighted by Gasteiger charge is 2.42. The maximum absolute atomic E-state index is 13.5. The molecule has 3 rings (SSSR count). The zero-order valence-corrected chi connectivity index (χ0v) is 21.1. The summed E-state index contributed by atoms with van der Waals surface area (Å²) < 4.78 is 10.8. The molecule has 0 saturated carbocycles. The zero-order chi connectivity index (χ0) is 28.2. The highest BCUT2D eigenvalue weighted by atomic mass is 16.6. The number of nitrogens with zero attached hydrogens (tertiary/aromatic N) is 1. The van der Waals surface area contributed by atoms with E-state index in [0.717, 1.165) is 5.56 Å². The Morgan fingerprint density at radius 2 is 1.21 bits per heavy atom. The van der Waals surface area contributed by atoms with Crippen LogP contribution in [0.1, 0.15) is 16.7 Å². The fraction of sp³-hybridized carbons (Fsp3) is 0.241. The fourth-order valence-electron chi connectivity index (χ4n) is 3.85. The van der Waals surface area contributed by atoms with E-state index in [-0.39, 0.29) is 19.6 Å². The van der Waals surface area contributed by atoms with Gasteiger partial charge in [0.25, 0.3) is 5.91 Å². The molecule has 3 aromatic rings. The molecule has 0 radical (unpaired) electrons. The van der Waals surface area contributed by atoms with Crippen molar-refractivity contribution in [1.82, 2.24) is 4.90 Å². The number of benzene rings is 3. The number of ether oxygens (including phenoxy) is 2. The van der Waals surface area contributed by atoms with Crippen molar-refractivity contribution in [2.24, 2.45) is 11.7 Å². The third-order valence-corrected chi connectivity index (χ3v) is 5.96. The zero-order valence-electron chi connectivity index (χ0n) is 21.1. The summed E-state index contributed by atoms with van der Waals surface area (Å²) in [5.74, 6) is -5.56. The molecule has 0 heterocycles. The van der Waals surface area contributed by atoms with Gasteiger partial charge in [-0.15, -0.1) is 0 Å². The molecule has 2 amide bonds. The quantitative estimate of drug-likeness (QED) is 0.300. The third kappa shape index (κ3) is 8.49. The second kappa shape index (κ2) is 14.4. The smallest absolute Gasteiger partial charge is 0.417 e. The number of carboxylic acid groups (broad SMARTS) is 2. The largest absolute Gasteiger partial charge is 0.481 e. The predicted octanol–water partition coefficient (Wildman–Crippen LogP) is 3.09. The lowest BCUT2D eigenvalue weighted by Crippen LogP contribution is -2.58. The Balaban J connectivity index is 1.85. The molecule has 4 N–H and O–H groups in total. The topological polar surface area (TPSA) is 156 Å². The van der Waals surface area contributed by atoms with E-state index < -0.39 is 48.5 Å². The van der Waals surface area contributed by atoms with Crippen LogP contribution in [-0.4, -0.2) is 57.7 Å². The van der Waals surface area contributed by atoms with Gasteiger partial charge in [-0.1, -0.05) is 91.0 Å². The minimum atomic E-state index is -1.82. The molecule has 0 bridgehead atoms. The van der Waals surface area contributed by atoms with Crippen molar-refractivity contribution in [3.63, 3.8) is 0 Å². The van der Waals surface area contributed by atoms with Crippen LogP contribution in [0.15, 0.2) is 91.0 Å². The Morgan fingerprint density at radius 3 is 1.69 bits per heavy atom. The average Bonchev–Trinajstić information content (AvgIpc) is 2.95. The van der Waals surface area contributed by atoms with Crippen molar-refractivity contribution >= 4 is 23.9 Å². The number of carboxylic acids is 2. The average molecular weight is 535 g/mol. The molecule has 1 unspecified atom stereocenters. The van der Waals surface area contributed by atoms with Crippen LogP contribution in [0.3, 0.4) is 0 Å². The van der Waals surface area contributed by atoms with Gasteiger partial charge >= 0.3 is 18.0 Å². The van der Waals surface area contributed by atoms with Crippen LogP contribution >= 0.6 is 0 Å². The van der Waals surface area contributed by atoms with Gasteiger partial charge < -0.3 is 25.4 Å². The van der Waals surface area contributed by atoms with Crippen molar-refractivity contribution in [3.05, 3.63) is 108 Å². The maximum Gasteiger partial charge on any atom is 0.417 e. The summed E-state index contributed by atoms with van der Waals surface area (Å²) in [7, 11) is 0. The Hall–Kier alpha value is -4.54. The molecule has 204 valence electrons. The summed E-state index contributed by atoms with van der Waals surface area (Å²) in [5.41, 5.74) is 8.05. The predicted molar refractivity (Wildman–Crippen MR) is 140 cm³/mol. The molecule has 10 heteroatoms. The highest BCUT2D eigenvalue weighted by molar-refractivity contribution is 6.00. The van der Waals surface area contributed by atoms with Gasteiger partial charge in [-0.3, -0.25) is 9.59 Å². The van der Waals surface area contributed by atoms with Crippen molar-refractivity contribution in [2.45, 2.75) is 31.7 Å². The lowest BCUT2D eigenvalue weighted by molar-refractivity contribution is -0.154. The SMILES string of the molecule is N[C@H](C(=O)N(C(=O)OCc1ccccc1)[C@H](COCc1ccccc1)C(=O)O)C(Cc1ccccc1)C(=O)O. The number of hydrogen-bond donors (Lipinski definition) is 3. The molecule has 39 heavy (non-hydrogen) atoms. The first-order chi connectivity index (χ1) is 18.8. The Labute approximate surface area is 225 Å². The summed E-state index contributed by atoms with van der Waals surface area (Å²) >= 11 is 0. The molecular formula is C29H30N2O8. The van der Waals surface area contributed by atoms with Crippen molar-refractivity contribution in [2.75, 3.05) is 6.61 Å². The number of carbonyl (C=O) groups is 4. The van der Waals surface area contributed by atoms with Gasteiger partial charge in [0, 0.05) is 0 Å². The van der Waals surface area contributed by atoms with E-state index in [1.165, 1.54) is 0 Å². The number of imide groups is 1. The first-order valence-corrected chi connectivity index (χ1v) is 12.2. The highest BCUT2D eigenvalue weighted by Crippen LogP contribution is 2.18. The lowest BCUT2D eigenvalue weighted by Gasteiger charge is -2.30. The summed E-state index contributed by atoms with van der Waals surface area (Å²) in [5, 5.41) is 19.8. The standard InChI is InChI=1S/C29H30N2O8/c30-25(23(27(33)34)16-20-10-4-1-5-11-20)26(32)31(29(37)39-18-22-14-8-3-9-15-22)24(28(35)36)19-38-17-21-12-6-2-7-13-21/h1-15,23-25H,16-19,30H2,(H,33,34)(H,35,36)/t23?,24-,25+/m1/s1. The van der Waals surface area contributed by atoms with E-state index in [9.17, 15) is 29.4 Å². The number of amides is 2. The van der Waals surface area contributed by atoms with Gasteiger partial charge in [-0.2, -0.15) is 0 Å². The molecule has 0 fully saturated rings. The van der Waals surface area contributed by atoms with Gasteiger partial charge in [-0.05, 0) is 23.1 Å². The van der Waals surface area contributed by atoms with Crippen LogP contribution < -0.4 is 5.73 Å². The van der Waals surface area contributed by atoms with E-state index in [2.05, 4.69) is 0 Å². The molecule has 0 saturated heterocycles. The van der Waals surface area contributed by atoms with E-state index in [4.69, 9.17) is 15.2 Å².